The standard InChI is InChI=1S/C15H15N3O6S/c1-7-4-10-11(23-9(3)14(19)16-10)6-13(7)25(21,22)18-15(20)12-5-8(2)17-24-12/h4-6,9H,1-3H3,(H,16,19)(H,18,20). The second kappa shape index (κ2) is 5.88. The van der Waals surface area contributed by atoms with Crippen molar-refractivity contribution in [3.63, 3.8) is 0 Å². The Morgan fingerprint density at radius 2 is 2.00 bits per heavy atom. The van der Waals surface area contributed by atoms with Crippen LogP contribution in [-0.4, -0.2) is 31.5 Å². The molecule has 0 spiro atoms. The molecule has 1 aromatic carbocycles. The fraction of sp³-hybridized carbons (Fsp3) is 0.267. The summed E-state index contributed by atoms with van der Waals surface area (Å²) in [7, 11) is -4.17. The van der Waals surface area contributed by atoms with Crippen molar-refractivity contribution >= 4 is 27.5 Å². The minimum absolute atomic E-state index is 0.140. The maximum Gasteiger partial charge on any atom is 0.303 e. The quantitative estimate of drug-likeness (QED) is 0.834. The molecule has 1 aromatic heterocycles. The summed E-state index contributed by atoms with van der Waals surface area (Å²) in [6, 6.07) is 4.06. The van der Waals surface area contributed by atoms with E-state index in [9.17, 15) is 18.0 Å². The number of hydrogen-bond acceptors (Lipinski definition) is 7. The first-order chi connectivity index (χ1) is 11.7. The molecule has 0 saturated carbocycles. The van der Waals surface area contributed by atoms with E-state index in [2.05, 4.69) is 10.5 Å². The molecule has 2 heterocycles. The van der Waals surface area contributed by atoms with Crippen molar-refractivity contribution in [3.05, 3.63) is 35.2 Å². The Morgan fingerprint density at radius 1 is 1.28 bits per heavy atom. The van der Waals surface area contributed by atoms with E-state index in [0.717, 1.165) is 0 Å². The second-order valence-corrected chi connectivity index (χ2v) is 7.28. The predicted molar refractivity (Wildman–Crippen MR) is 85.8 cm³/mol. The van der Waals surface area contributed by atoms with Crippen molar-refractivity contribution in [3.8, 4) is 5.75 Å². The number of ether oxygens (including phenoxy) is 1. The van der Waals surface area contributed by atoms with Crippen LogP contribution in [0.5, 0.6) is 5.75 Å². The van der Waals surface area contributed by atoms with Crippen LogP contribution >= 0.6 is 0 Å². The Morgan fingerprint density at radius 3 is 2.64 bits per heavy atom. The zero-order valence-electron chi connectivity index (χ0n) is 13.6. The average molecular weight is 365 g/mol. The monoisotopic (exact) mass is 365 g/mol. The highest BCUT2D eigenvalue weighted by Crippen LogP contribution is 2.34. The molecule has 1 atom stereocenters. The van der Waals surface area contributed by atoms with Crippen molar-refractivity contribution in [2.24, 2.45) is 0 Å². The molecule has 10 heteroatoms. The van der Waals surface area contributed by atoms with Gasteiger partial charge in [-0.15, -0.1) is 0 Å². The number of aryl methyl sites for hydroxylation is 2. The van der Waals surface area contributed by atoms with Crippen LogP contribution in [0.1, 0.15) is 28.7 Å². The molecule has 2 N–H and O–H groups in total. The molecule has 1 aliphatic heterocycles. The third-order valence-electron chi connectivity index (χ3n) is 3.58. The lowest BCUT2D eigenvalue weighted by Crippen LogP contribution is -2.35. The smallest absolute Gasteiger partial charge is 0.303 e. The van der Waals surface area contributed by atoms with E-state index in [1.165, 1.54) is 18.2 Å². The van der Waals surface area contributed by atoms with E-state index in [-0.39, 0.29) is 22.3 Å². The SMILES string of the molecule is Cc1cc(C(=O)NS(=O)(=O)c2cc3c(cc2C)NC(=O)C(C)O3)on1. The Balaban J connectivity index is 1.93. The van der Waals surface area contributed by atoms with E-state index in [1.807, 2.05) is 4.72 Å². The molecule has 9 nitrogen and oxygen atoms in total. The molecule has 0 bridgehead atoms. The van der Waals surface area contributed by atoms with Crippen molar-refractivity contribution in [1.82, 2.24) is 9.88 Å². The van der Waals surface area contributed by atoms with Crippen LogP contribution in [-0.2, 0) is 14.8 Å². The lowest BCUT2D eigenvalue weighted by Gasteiger charge is -2.24. The molecular weight excluding hydrogens is 350 g/mol. The van der Waals surface area contributed by atoms with Gasteiger partial charge in [-0.3, -0.25) is 9.59 Å². The molecule has 2 aromatic rings. The van der Waals surface area contributed by atoms with Crippen molar-refractivity contribution in [2.45, 2.75) is 31.8 Å². The van der Waals surface area contributed by atoms with Gasteiger partial charge in [0.25, 0.3) is 15.9 Å². The van der Waals surface area contributed by atoms with Gasteiger partial charge in [-0.25, -0.2) is 13.1 Å². The number of carbonyl (C=O) groups excluding carboxylic acids is 2. The van der Waals surface area contributed by atoms with E-state index >= 15 is 0 Å². The van der Waals surface area contributed by atoms with Crippen LogP contribution in [0, 0.1) is 13.8 Å². The third-order valence-corrected chi connectivity index (χ3v) is 5.05. The summed E-state index contributed by atoms with van der Waals surface area (Å²) in [5, 5.41) is 6.17. The first-order valence-corrected chi connectivity index (χ1v) is 8.78. The molecule has 0 fully saturated rings. The summed E-state index contributed by atoms with van der Waals surface area (Å²) in [6.07, 6.45) is -0.752. The van der Waals surface area contributed by atoms with Gasteiger partial charge in [0, 0.05) is 12.1 Å². The van der Waals surface area contributed by atoms with E-state index in [0.29, 0.717) is 16.9 Å². The fourth-order valence-electron chi connectivity index (χ4n) is 2.33. The fourth-order valence-corrected chi connectivity index (χ4v) is 3.53. The molecule has 1 aliphatic rings. The molecule has 3 rings (SSSR count). The number of hydrogen-bond donors (Lipinski definition) is 2. The number of aromatic nitrogens is 1. The van der Waals surface area contributed by atoms with E-state index in [1.54, 1.807) is 20.8 Å². The van der Waals surface area contributed by atoms with Crippen LogP contribution in [0.3, 0.4) is 0 Å². The lowest BCUT2D eigenvalue weighted by molar-refractivity contribution is -0.122. The Bertz CT molecular complexity index is 979. The minimum Gasteiger partial charge on any atom is -0.479 e. The van der Waals surface area contributed by atoms with Gasteiger partial charge in [-0.2, -0.15) is 0 Å². The van der Waals surface area contributed by atoms with Crippen LogP contribution in [0.15, 0.2) is 27.6 Å². The van der Waals surface area contributed by atoms with E-state index < -0.39 is 22.0 Å². The molecule has 2 amide bonds. The number of carbonyl (C=O) groups is 2. The number of fused-ring (bicyclic) bond motifs is 1. The number of nitrogens with zero attached hydrogens (tertiary/aromatic N) is 1. The van der Waals surface area contributed by atoms with Gasteiger partial charge in [-0.1, -0.05) is 5.16 Å². The highest BCUT2D eigenvalue weighted by Gasteiger charge is 2.29. The van der Waals surface area contributed by atoms with Crippen LogP contribution in [0.2, 0.25) is 0 Å². The number of anilines is 1. The topological polar surface area (TPSA) is 128 Å². The lowest BCUT2D eigenvalue weighted by atomic mass is 10.1. The summed E-state index contributed by atoms with van der Waals surface area (Å²) >= 11 is 0. The van der Waals surface area contributed by atoms with Crippen LogP contribution < -0.4 is 14.8 Å². The summed E-state index contributed by atoms with van der Waals surface area (Å²) in [6.45, 7) is 4.69. The first kappa shape index (κ1) is 17.0. The van der Waals surface area contributed by atoms with E-state index in [4.69, 9.17) is 9.26 Å². The predicted octanol–water partition coefficient (Wildman–Crippen LogP) is 1.13. The zero-order chi connectivity index (χ0) is 18.4. The molecular formula is C15H15N3O6S. The summed E-state index contributed by atoms with van der Waals surface area (Å²) in [4.78, 5) is 23.5. The number of nitrogens with one attached hydrogen (secondary N) is 2. The highest BCUT2D eigenvalue weighted by molar-refractivity contribution is 7.90. The number of rotatable bonds is 3. The van der Waals surface area contributed by atoms with Gasteiger partial charge in [0.05, 0.1) is 16.3 Å². The maximum atomic E-state index is 12.5. The van der Waals surface area contributed by atoms with Gasteiger partial charge >= 0.3 is 5.91 Å². The van der Waals surface area contributed by atoms with Gasteiger partial charge in [0.2, 0.25) is 5.76 Å². The van der Waals surface area contributed by atoms with Gasteiger partial charge in [-0.05, 0) is 32.4 Å². The van der Waals surface area contributed by atoms with Gasteiger partial charge < -0.3 is 14.6 Å². The van der Waals surface area contributed by atoms with Crippen molar-refractivity contribution in [2.75, 3.05) is 5.32 Å². The highest BCUT2D eigenvalue weighted by atomic mass is 32.2. The van der Waals surface area contributed by atoms with Crippen LogP contribution in [0.4, 0.5) is 5.69 Å². The summed E-state index contributed by atoms with van der Waals surface area (Å²) in [5.74, 6) is -1.26. The first-order valence-electron chi connectivity index (χ1n) is 7.30. The normalized spacial score (nSPS) is 16.6. The third kappa shape index (κ3) is 3.20. The Labute approximate surface area is 143 Å². The van der Waals surface area contributed by atoms with Crippen molar-refractivity contribution in [1.29, 1.82) is 0 Å². The Hall–Kier alpha value is -2.88. The summed E-state index contributed by atoms with van der Waals surface area (Å²) < 4.78 is 37.2. The Kier molecular flexibility index (Phi) is 3.99. The molecule has 25 heavy (non-hydrogen) atoms. The number of sulfonamides is 1. The van der Waals surface area contributed by atoms with Gasteiger partial charge in [0.1, 0.15) is 5.75 Å². The maximum absolute atomic E-state index is 12.5. The second-order valence-electron chi connectivity index (χ2n) is 5.63. The number of benzene rings is 1. The molecule has 1 unspecified atom stereocenters. The number of amides is 2. The van der Waals surface area contributed by atoms with Crippen molar-refractivity contribution < 1.29 is 27.3 Å². The molecule has 0 aliphatic carbocycles. The average Bonchev–Trinajstić information content (AvgIpc) is 2.94. The largest absolute Gasteiger partial charge is 0.479 e. The summed E-state index contributed by atoms with van der Waals surface area (Å²) in [5.41, 5.74) is 1.16. The molecule has 0 saturated heterocycles. The molecule has 132 valence electrons. The minimum atomic E-state index is -4.17. The molecule has 0 radical (unpaired) electrons. The van der Waals surface area contributed by atoms with Crippen LogP contribution in [0.25, 0.3) is 0 Å². The zero-order valence-corrected chi connectivity index (χ0v) is 14.4. The van der Waals surface area contributed by atoms with Gasteiger partial charge in [0.15, 0.2) is 6.10 Å².